The molecule has 0 radical (unpaired) electrons. The maximum Gasteiger partial charge on any atom is 0.308 e. The Balaban J connectivity index is 2.10. The van der Waals surface area contributed by atoms with Gasteiger partial charge in [-0.3, -0.25) is 4.79 Å². The predicted molar refractivity (Wildman–Crippen MR) is 89.6 cm³/mol. The molecule has 1 aliphatic rings. The topological polar surface area (TPSA) is 63.7 Å². The molecule has 0 bridgehead atoms. The Labute approximate surface area is 138 Å². The third kappa shape index (κ3) is 5.53. The number of hydrogen-bond acceptors (Lipinski definition) is 4. The molecule has 128 valence electrons. The van der Waals surface area contributed by atoms with Crippen LogP contribution in [0.15, 0.2) is 24.3 Å². The number of carbonyl (C=O) groups excluding carboxylic acids is 1. The number of hydrogen-bond donors (Lipinski definition) is 0. The molecule has 1 amide bonds. The van der Waals surface area contributed by atoms with Crippen molar-refractivity contribution in [2.75, 3.05) is 5.75 Å². The lowest BCUT2D eigenvalue weighted by atomic mass is 10.1. The van der Waals surface area contributed by atoms with Crippen LogP contribution in [0, 0.1) is 5.92 Å². The molecule has 0 heterocycles. The lowest BCUT2D eigenvalue weighted by Gasteiger charge is -2.23. The summed E-state index contributed by atoms with van der Waals surface area (Å²) in [5.74, 6) is 0.720. The van der Waals surface area contributed by atoms with Crippen molar-refractivity contribution in [3.05, 3.63) is 29.8 Å². The molecule has 1 fully saturated rings. The van der Waals surface area contributed by atoms with Crippen LogP contribution in [0.25, 0.3) is 0 Å². The van der Waals surface area contributed by atoms with E-state index >= 15 is 0 Å². The van der Waals surface area contributed by atoms with Crippen LogP contribution in [0.2, 0.25) is 0 Å². The third-order valence-corrected chi connectivity index (χ3v) is 4.87. The Kier molecular flexibility index (Phi) is 5.68. The van der Waals surface area contributed by atoms with E-state index in [9.17, 15) is 13.2 Å². The molecule has 1 saturated carbocycles. The van der Waals surface area contributed by atoms with Gasteiger partial charge in [-0.2, -0.15) is 8.42 Å². The van der Waals surface area contributed by atoms with Gasteiger partial charge >= 0.3 is 10.1 Å². The summed E-state index contributed by atoms with van der Waals surface area (Å²) in [5, 5.41) is 0. The van der Waals surface area contributed by atoms with E-state index in [1.807, 2.05) is 24.8 Å². The van der Waals surface area contributed by atoms with Gasteiger partial charge in [-0.25, -0.2) is 0 Å². The monoisotopic (exact) mass is 339 g/mol. The van der Waals surface area contributed by atoms with Crippen molar-refractivity contribution >= 4 is 16.0 Å². The summed E-state index contributed by atoms with van der Waals surface area (Å²) in [4.78, 5) is 14.3. The van der Waals surface area contributed by atoms with Gasteiger partial charge in [0.1, 0.15) is 5.75 Å². The first-order chi connectivity index (χ1) is 10.8. The molecule has 2 rings (SSSR count). The standard InChI is InChI=1S/C17H25NO4S/c1-4-23(20,21)22-16-7-5-6-14(11-16)12-18(15-8-9-15)17(19)10-13(2)3/h5-7,11,13,15H,4,8-10,12H2,1-3H3. The van der Waals surface area contributed by atoms with E-state index < -0.39 is 10.1 Å². The summed E-state index contributed by atoms with van der Waals surface area (Å²) >= 11 is 0. The highest BCUT2D eigenvalue weighted by Crippen LogP contribution is 2.30. The van der Waals surface area contributed by atoms with Crippen LogP contribution < -0.4 is 4.18 Å². The van der Waals surface area contributed by atoms with E-state index in [0.29, 0.717) is 30.7 Å². The van der Waals surface area contributed by atoms with Gasteiger partial charge in [0, 0.05) is 19.0 Å². The van der Waals surface area contributed by atoms with E-state index in [0.717, 1.165) is 18.4 Å². The number of amides is 1. The molecule has 0 saturated heterocycles. The fourth-order valence-electron chi connectivity index (χ4n) is 2.37. The van der Waals surface area contributed by atoms with Crippen LogP contribution in [0.5, 0.6) is 5.75 Å². The van der Waals surface area contributed by atoms with Crippen LogP contribution in [-0.2, 0) is 21.5 Å². The van der Waals surface area contributed by atoms with Crippen LogP contribution in [0.1, 0.15) is 45.6 Å². The van der Waals surface area contributed by atoms with E-state index in [-0.39, 0.29) is 11.7 Å². The molecule has 0 aliphatic heterocycles. The lowest BCUT2D eigenvalue weighted by molar-refractivity contribution is -0.133. The average molecular weight is 339 g/mol. The number of carbonyl (C=O) groups is 1. The zero-order valence-electron chi connectivity index (χ0n) is 14.0. The Morgan fingerprint density at radius 2 is 2.04 bits per heavy atom. The second-order valence-electron chi connectivity index (χ2n) is 6.43. The van der Waals surface area contributed by atoms with Crippen molar-refractivity contribution in [2.24, 2.45) is 5.92 Å². The molecule has 1 aliphatic carbocycles. The Hall–Kier alpha value is -1.56. The van der Waals surface area contributed by atoms with Crippen LogP contribution in [-0.4, -0.2) is 31.0 Å². The van der Waals surface area contributed by atoms with E-state index in [4.69, 9.17) is 4.18 Å². The van der Waals surface area contributed by atoms with Crippen molar-refractivity contribution in [1.29, 1.82) is 0 Å². The highest BCUT2D eigenvalue weighted by atomic mass is 32.2. The first-order valence-corrected chi connectivity index (χ1v) is 9.69. The zero-order chi connectivity index (χ0) is 17.0. The Bertz CT molecular complexity index is 650. The Morgan fingerprint density at radius 3 is 2.61 bits per heavy atom. The molecule has 0 N–H and O–H groups in total. The highest BCUT2D eigenvalue weighted by molar-refractivity contribution is 7.87. The van der Waals surface area contributed by atoms with Crippen molar-refractivity contribution in [3.63, 3.8) is 0 Å². The van der Waals surface area contributed by atoms with Crippen LogP contribution in [0.4, 0.5) is 0 Å². The van der Waals surface area contributed by atoms with Crippen molar-refractivity contribution in [2.45, 2.75) is 52.6 Å². The molecular weight excluding hydrogens is 314 g/mol. The van der Waals surface area contributed by atoms with E-state index in [2.05, 4.69) is 0 Å². The van der Waals surface area contributed by atoms with Crippen molar-refractivity contribution in [1.82, 2.24) is 4.90 Å². The first kappa shape index (κ1) is 17.8. The van der Waals surface area contributed by atoms with Gasteiger partial charge in [0.2, 0.25) is 5.91 Å². The minimum absolute atomic E-state index is 0.0711. The molecular formula is C17H25NO4S. The minimum Gasteiger partial charge on any atom is -0.382 e. The van der Waals surface area contributed by atoms with Crippen molar-refractivity contribution in [3.8, 4) is 5.75 Å². The van der Waals surface area contributed by atoms with Gasteiger partial charge in [0.25, 0.3) is 0 Å². The minimum atomic E-state index is -3.53. The summed E-state index contributed by atoms with van der Waals surface area (Å²) in [5.41, 5.74) is 0.887. The van der Waals surface area contributed by atoms with Gasteiger partial charge in [-0.1, -0.05) is 26.0 Å². The quantitative estimate of drug-likeness (QED) is 0.683. The second-order valence-corrected chi connectivity index (χ2v) is 8.29. The molecule has 5 nitrogen and oxygen atoms in total. The fourth-order valence-corrected chi connectivity index (χ4v) is 2.89. The molecule has 0 aromatic heterocycles. The normalized spacial score (nSPS) is 14.8. The van der Waals surface area contributed by atoms with Gasteiger partial charge in [-0.05, 0) is 43.4 Å². The summed E-state index contributed by atoms with van der Waals surface area (Å²) in [6.07, 6.45) is 2.63. The number of nitrogens with zero attached hydrogens (tertiary/aromatic N) is 1. The van der Waals surface area contributed by atoms with Crippen molar-refractivity contribution < 1.29 is 17.4 Å². The summed E-state index contributed by atoms with van der Waals surface area (Å²) < 4.78 is 28.2. The lowest BCUT2D eigenvalue weighted by Crippen LogP contribution is -2.33. The molecule has 0 spiro atoms. The van der Waals surface area contributed by atoms with Crippen LogP contribution in [0.3, 0.4) is 0 Å². The van der Waals surface area contributed by atoms with Gasteiger partial charge in [0.15, 0.2) is 0 Å². The Morgan fingerprint density at radius 1 is 1.35 bits per heavy atom. The molecule has 1 aromatic carbocycles. The molecule has 0 atom stereocenters. The zero-order valence-corrected chi connectivity index (χ0v) is 14.8. The summed E-state index contributed by atoms with van der Waals surface area (Å²) in [6, 6.07) is 7.29. The highest BCUT2D eigenvalue weighted by Gasteiger charge is 2.32. The largest absolute Gasteiger partial charge is 0.382 e. The van der Waals surface area contributed by atoms with Gasteiger partial charge in [0.05, 0.1) is 5.75 Å². The smallest absolute Gasteiger partial charge is 0.308 e. The number of rotatable bonds is 8. The molecule has 23 heavy (non-hydrogen) atoms. The second kappa shape index (κ2) is 7.34. The van der Waals surface area contributed by atoms with Gasteiger partial charge < -0.3 is 9.08 Å². The summed E-state index contributed by atoms with van der Waals surface area (Å²) in [6.45, 7) is 6.11. The summed E-state index contributed by atoms with van der Waals surface area (Å²) in [7, 11) is -3.53. The molecule has 6 heteroatoms. The average Bonchev–Trinajstić information content (AvgIpc) is 3.28. The fraction of sp³-hybridized carbons (Fsp3) is 0.588. The SMILES string of the molecule is CCS(=O)(=O)Oc1cccc(CN(C(=O)CC(C)C)C2CC2)c1. The van der Waals surface area contributed by atoms with Gasteiger partial charge in [-0.15, -0.1) is 0 Å². The predicted octanol–water partition coefficient (Wildman–Crippen LogP) is 2.95. The van der Waals surface area contributed by atoms with E-state index in [1.54, 1.807) is 25.1 Å². The first-order valence-electron chi connectivity index (χ1n) is 8.11. The maximum absolute atomic E-state index is 12.4. The molecule has 0 unspecified atom stereocenters. The number of benzene rings is 1. The third-order valence-electron chi connectivity index (χ3n) is 3.72. The molecule has 1 aromatic rings. The van der Waals surface area contributed by atoms with E-state index in [1.165, 1.54) is 0 Å². The van der Waals surface area contributed by atoms with Crippen LogP contribution >= 0.6 is 0 Å². The maximum atomic E-state index is 12.4.